The van der Waals surface area contributed by atoms with E-state index in [0.717, 1.165) is 32.0 Å². The van der Waals surface area contributed by atoms with Gasteiger partial charge >= 0.3 is 0 Å². The van der Waals surface area contributed by atoms with Crippen LogP contribution in [-0.2, 0) is 4.79 Å². The number of rotatable bonds is 5. The summed E-state index contributed by atoms with van der Waals surface area (Å²) in [4.78, 5) is 15.0. The highest BCUT2D eigenvalue weighted by atomic mass is 16.1. The van der Waals surface area contributed by atoms with Gasteiger partial charge in [0, 0.05) is 31.6 Å². The van der Waals surface area contributed by atoms with E-state index in [0.29, 0.717) is 24.3 Å². The van der Waals surface area contributed by atoms with Crippen LogP contribution < -0.4 is 10.6 Å². The van der Waals surface area contributed by atoms with Gasteiger partial charge in [0.05, 0.1) is 0 Å². The quantitative estimate of drug-likeness (QED) is 0.818. The Bertz CT molecular complexity index is 367. The number of carbonyl (C=O) groups is 1. The zero-order valence-electron chi connectivity index (χ0n) is 14.9. The summed E-state index contributed by atoms with van der Waals surface area (Å²) in [5.41, 5.74) is 0. The molecular weight excluding hydrogens is 286 g/mol. The lowest BCUT2D eigenvalue weighted by atomic mass is 9.85. The number of carbonyl (C=O) groups excluding carboxylic acids is 1. The summed E-state index contributed by atoms with van der Waals surface area (Å²) < 4.78 is 0. The SMILES string of the molecule is CC(CC(=O)NC1CCN(C2CCCC2)CC1)C1CCCNC1. The zero-order chi connectivity index (χ0) is 16.1. The van der Waals surface area contributed by atoms with Crippen LogP contribution in [0, 0.1) is 11.8 Å². The molecule has 2 saturated heterocycles. The van der Waals surface area contributed by atoms with Crippen molar-refractivity contribution in [2.75, 3.05) is 26.2 Å². The first-order chi connectivity index (χ1) is 11.2. The number of likely N-dealkylation sites (tertiary alicyclic amines) is 1. The molecule has 2 atom stereocenters. The van der Waals surface area contributed by atoms with Gasteiger partial charge in [0.1, 0.15) is 0 Å². The maximum Gasteiger partial charge on any atom is 0.220 e. The third kappa shape index (κ3) is 4.93. The molecule has 4 heteroatoms. The van der Waals surface area contributed by atoms with Gasteiger partial charge in [-0.15, -0.1) is 0 Å². The number of hydrogen-bond acceptors (Lipinski definition) is 3. The summed E-state index contributed by atoms with van der Waals surface area (Å²) in [6.07, 6.45) is 11.1. The van der Waals surface area contributed by atoms with Crippen LogP contribution in [0.1, 0.15) is 64.7 Å². The van der Waals surface area contributed by atoms with Crippen LogP contribution in [0.25, 0.3) is 0 Å². The summed E-state index contributed by atoms with van der Waals surface area (Å²) in [6, 6.07) is 1.25. The molecule has 0 radical (unpaired) electrons. The Hall–Kier alpha value is -0.610. The van der Waals surface area contributed by atoms with E-state index in [1.807, 2.05) is 0 Å². The molecule has 2 heterocycles. The number of amides is 1. The van der Waals surface area contributed by atoms with Crippen LogP contribution in [0.3, 0.4) is 0 Å². The second-order valence-electron chi connectivity index (χ2n) is 8.10. The molecule has 0 bridgehead atoms. The molecule has 3 aliphatic rings. The highest BCUT2D eigenvalue weighted by Crippen LogP contribution is 2.26. The van der Waals surface area contributed by atoms with E-state index in [1.165, 1.54) is 51.6 Å². The number of nitrogens with zero attached hydrogens (tertiary/aromatic N) is 1. The van der Waals surface area contributed by atoms with Gasteiger partial charge in [-0.2, -0.15) is 0 Å². The third-order valence-corrected chi connectivity index (χ3v) is 6.38. The number of piperidine rings is 2. The topological polar surface area (TPSA) is 44.4 Å². The fourth-order valence-corrected chi connectivity index (χ4v) is 4.79. The molecular formula is C19H35N3O. The van der Waals surface area contributed by atoms with Crippen LogP contribution in [-0.4, -0.2) is 49.1 Å². The lowest BCUT2D eigenvalue weighted by molar-refractivity contribution is -0.123. The zero-order valence-corrected chi connectivity index (χ0v) is 14.9. The largest absolute Gasteiger partial charge is 0.353 e. The lowest BCUT2D eigenvalue weighted by Crippen LogP contribution is -2.47. The maximum atomic E-state index is 12.4. The van der Waals surface area contributed by atoms with Gasteiger partial charge in [0.25, 0.3) is 0 Å². The Morgan fingerprint density at radius 2 is 1.87 bits per heavy atom. The van der Waals surface area contributed by atoms with Crippen molar-refractivity contribution in [2.24, 2.45) is 11.8 Å². The van der Waals surface area contributed by atoms with Crippen LogP contribution in [0.5, 0.6) is 0 Å². The average Bonchev–Trinajstić information content (AvgIpc) is 3.11. The Kier molecular flexibility index (Phi) is 6.35. The smallest absolute Gasteiger partial charge is 0.220 e. The van der Waals surface area contributed by atoms with Gasteiger partial charge in [-0.05, 0) is 63.5 Å². The molecule has 2 aliphatic heterocycles. The maximum absolute atomic E-state index is 12.4. The highest BCUT2D eigenvalue weighted by molar-refractivity contribution is 5.76. The van der Waals surface area contributed by atoms with Gasteiger partial charge in [0.2, 0.25) is 5.91 Å². The van der Waals surface area contributed by atoms with Crippen molar-refractivity contribution in [1.29, 1.82) is 0 Å². The van der Waals surface area contributed by atoms with Crippen LogP contribution >= 0.6 is 0 Å². The monoisotopic (exact) mass is 321 g/mol. The van der Waals surface area contributed by atoms with Crippen LogP contribution in [0.2, 0.25) is 0 Å². The molecule has 2 unspecified atom stereocenters. The van der Waals surface area contributed by atoms with Crippen molar-refractivity contribution in [2.45, 2.75) is 76.8 Å². The van der Waals surface area contributed by atoms with Crippen LogP contribution in [0.4, 0.5) is 0 Å². The van der Waals surface area contributed by atoms with Gasteiger partial charge in [0.15, 0.2) is 0 Å². The molecule has 0 spiro atoms. The molecule has 0 aromatic rings. The van der Waals surface area contributed by atoms with Crippen molar-refractivity contribution < 1.29 is 4.79 Å². The second kappa shape index (κ2) is 8.48. The van der Waals surface area contributed by atoms with Crippen molar-refractivity contribution >= 4 is 5.91 Å². The summed E-state index contributed by atoms with van der Waals surface area (Å²) in [5, 5.41) is 6.78. The second-order valence-corrected chi connectivity index (χ2v) is 8.10. The molecule has 1 saturated carbocycles. The van der Waals surface area contributed by atoms with E-state index < -0.39 is 0 Å². The molecule has 3 rings (SSSR count). The molecule has 4 nitrogen and oxygen atoms in total. The first kappa shape index (κ1) is 17.2. The Balaban J connectivity index is 1.35. The molecule has 2 N–H and O–H groups in total. The summed E-state index contributed by atoms with van der Waals surface area (Å²) in [5.74, 6) is 1.46. The molecule has 0 aromatic heterocycles. The molecule has 1 aliphatic carbocycles. The van der Waals surface area contributed by atoms with Crippen molar-refractivity contribution in [3.05, 3.63) is 0 Å². The van der Waals surface area contributed by atoms with E-state index in [2.05, 4.69) is 22.5 Å². The van der Waals surface area contributed by atoms with E-state index in [9.17, 15) is 4.79 Å². The van der Waals surface area contributed by atoms with Gasteiger partial charge in [-0.3, -0.25) is 4.79 Å². The molecule has 0 aromatic carbocycles. The van der Waals surface area contributed by atoms with Crippen LogP contribution in [0.15, 0.2) is 0 Å². The average molecular weight is 322 g/mol. The van der Waals surface area contributed by atoms with Crippen molar-refractivity contribution in [3.8, 4) is 0 Å². The van der Waals surface area contributed by atoms with E-state index in [1.54, 1.807) is 0 Å². The first-order valence-corrected chi connectivity index (χ1v) is 9.96. The van der Waals surface area contributed by atoms with Crippen molar-refractivity contribution in [1.82, 2.24) is 15.5 Å². The Morgan fingerprint density at radius 3 is 2.52 bits per heavy atom. The van der Waals surface area contributed by atoms with E-state index >= 15 is 0 Å². The number of hydrogen-bond donors (Lipinski definition) is 2. The van der Waals surface area contributed by atoms with Gasteiger partial charge < -0.3 is 15.5 Å². The predicted octanol–water partition coefficient (Wildman–Crippen LogP) is 2.54. The minimum absolute atomic E-state index is 0.280. The molecule has 132 valence electrons. The fraction of sp³-hybridized carbons (Fsp3) is 0.947. The summed E-state index contributed by atoms with van der Waals surface area (Å²) in [6.45, 7) is 6.85. The molecule has 1 amide bonds. The van der Waals surface area contributed by atoms with Gasteiger partial charge in [-0.25, -0.2) is 0 Å². The van der Waals surface area contributed by atoms with E-state index in [4.69, 9.17) is 0 Å². The number of nitrogens with one attached hydrogen (secondary N) is 2. The summed E-state index contributed by atoms with van der Waals surface area (Å²) >= 11 is 0. The minimum atomic E-state index is 0.280. The minimum Gasteiger partial charge on any atom is -0.353 e. The normalized spacial score (nSPS) is 29.5. The highest BCUT2D eigenvalue weighted by Gasteiger charge is 2.28. The molecule has 23 heavy (non-hydrogen) atoms. The van der Waals surface area contributed by atoms with Gasteiger partial charge in [-0.1, -0.05) is 19.8 Å². The standard InChI is InChI=1S/C19H35N3O/c1-15(16-5-4-10-20-14-16)13-19(23)21-17-8-11-22(12-9-17)18-6-2-3-7-18/h15-18,20H,2-14H2,1H3,(H,21,23). The Morgan fingerprint density at radius 1 is 1.13 bits per heavy atom. The van der Waals surface area contributed by atoms with E-state index in [-0.39, 0.29) is 5.91 Å². The first-order valence-electron chi connectivity index (χ1n) is 9.96. The predicted molar refractivity (Wildman–Crippen MR) is 94.4 cm³/mol. The molecule has 3 fully saturated rings. The summed E-state index contributed by atoms with van der Waals surface area (Å²) in [7, 11) is 0. The fourth-order valence-electron chi connectivity index (χ4n) is 4.79. The van der Waals surface area contributed by atoms with Crippen molar-refractivity contribution in [3.63, 3.8) is 0 Å². The third-order valence-electron chi connectivity index (χ3n) is 6.38. The Labute approximate surface area is 141 Å². The lowest BCUT2D eigenvalue weighted by Gasteiger charge is -2.36.